The van der Waals surface area contributed by atoms with Crippen molar-refractivity contribution >= 4 is 28.7 Å². The fraction of sp³-hybridized carbons (Fsp3) is 0. The van der Waals surface area contributed by atoms with Gasteiger partial charge in [0, 0.05) is 9.65 Å². The molecular formula is C8H7IO2. The summed E-state index contributed by atoms with van der Waals surface area (Å²) in [6.45, 7) is 0. The predicted molar refractivity (Wildman–Crippen MR) is 52.4 cm³/mol. The largest absolute Gasteiger partial charge is 0.481 e. The number of halogens is 1. The third-order valence-corrected chi connectivity index (χ3v) is 1.88. The lowest BCUT2D eigenvalue weighted by Crippen LogP contribution is -1.77. The predicted octanol–water partition coefficient (Wildman–Crippen LogP) is 2.71. The topological polar surface area (TPSA) is 40.5 Å². The Hall–Kier alpha value is -0.710. The summed E-state index contributed by atoms with van der Waals surface area (Å²) in [6, 6.07) is 7.42. The van der Waals surface area contributed by atoms with Crippen LogP contribution in [-0.4, -0.2) is 10.2 Å². The molecule has 0 saturated carbocycles. The summed E-state index contributed by atoms with van der Waals surface area (Å²) in [5, 5.41) is 17.0. The summed E-state index contributed by atoms with van der Waals surface area (Å²) in [7, 11) is 0. The third-order valence-electron chi connectivity index (χ3n) is 1.17. The van der Waals surface area contributed by atoms with Crippen LogP contribution >= 0.6 is 22.6 Å². The molecule has 0 radical (unpaired) electrons. The molecule has 0 heterocycles. The van der Waals surface area contributed by atoms with Crippen LogP contribution in [0.3, 0.4) is 0 Å². The molecule has 0 spiro atoms. The molecule has 58 valence electrons. The van der Waals surface area contributed by atoms with Crippen molar-refractivity contribution in [3.8, 4) is 0 Å². The third kappa shape index (κ3) is 2.80. The second-order valence-electron chi connectivity index (χ2n) is 2.05. The van der Waals surface area contributed by atoms with Gasteiger partial charge in [-0.15, -0.1) is 0 Å². The van der Waals surface area contributed by atoms with Gasteiger partial charge in [0.15, 0.2) is 0 Å². The maximum Gasteiger partial charge on any atom is 0.274 e. The van der Waals surface area contributed by atoms with Crippen molar-refractivity contribution in [1.29, 1.82) is 0 Å². The monoisotopic (exact) mass is 262 g/mol. The summed E-state index contributed by atoms with van der Waals surface area (Å²) < 4.78 is 1.12. The molecule has 0 amide bonds. The van der Waals surface area contributed by atoms with Gasteiger partial charge in [-0.1, -0.05) is 12.1 Å². The highest BCUT2D eigenvalue weighted by Crippen LogP contribution is 2.08. The van der Waals surface area contributed by atoms with Gasteiger partial charge < -0.3 is 10.2 Å². The van der Waals surface area contributed by atoms with Gasteiger partial charge in [-0.2, -0.15) is 0 Å². The van der Waals surface area contributed by atoms with Gasteiger partial charge in [-0.25, -0.2) is 0 Å². The fourth-order valence-electron chi connectivity index (χ4n) is 0.708. The molecule has 0 aliphatic heterocycles. The molecule has 2 N–H and O–H groups in total. The molecule has 0 aliphatic rings. The Bertz CT molecular complexity index is 260. The van der Waals surface area contributed by atoms with E-state index in [1.54, 1.807) is 0 Å². The van der Waals surface area contributed by atoms with E-state index in [0.29, 0.717) is 0 Å². The number of rotatable bonds is 1. The number of hydrogen-bond acceptors (Lipinski definition) is 2. The first-order valence-electron chi connectivity index (χ1n) is 3.03. The minimum atomic E-state index is -0.661. The van der Waals surface area contributed by atoms with E-state index in [2.05, 4.69) is 22.6 Å². The first-order chi connectivity index (χ1) is 5.18. The van der Waals surface area contributed by atoms with Gasteiger partial charge in [0.1, 0.15) is 0 Å². The molecule has 3 heteroatoms. The van der Waals surface area contributed by atoms with Crippen LogP contribution in [0.15, 0.2) is 30.2 Å². The van der Waals surface area contributed by atoms with Gasteiger partial charge in [0.05, 0.1) is 0 Å². The summed E-state index contributed by atoms with van der Waals surface area (Å²) in [5.41, 5.74) is 0.783. The SMILES string of the molecule is OC(O)=Cc1ccc(I)cc1. The Kier molecular flexibility index (Phi) is 2.76. The van der Waals surface area contributed by atoms with Crippen LogP contribution in [0, 0.1) is 3.57 Å². The maximum atomic E-state index is 8.49. The van der Waals surface area contributed by atoms with E-state index in [1.807, 2.05) is 24.3 Å². The number of benzene rings is 1. The van der Waals surface area contributed by atoms with Crippen LogP contribution < -0.4 is 0 Å². The number of aliphatic hydroxyl groups excluding tert-OH is 1. The molecule has 2 nitrogen and oxygen atoms in total. The fourth-order valence-corrected chi connectivity index (χ4v) is 1.07. The van der Waals surface area contributed by atoms with Crippen molar-refractivity contribution < 1.29 is 10.2 Å². The lowest BCUT2D eigenvalue weighted by molar-refractivity contribution is 0.197. The van der Waals surface area contributed by atoms with Crippen molar-refractivity contribution in [2.75, 3.05) is 0 Å². The summed E-state index contributed by atoms with van der Waals surface area (Å²) in [5.74, 6) is -0.661. The van der Waals surface area contributed by atoms with Crippen molar-refractivity contribution in [1.82, 2.24) is 0 Å². The van der Waals surface area contributed by atoms with E-state index in [9.17, 15) is 0 Å². The normalized spacial score (nSPS) is 9.18. The highest BCUT2D eigenvalue weighted by Gasteiger charge is 1.89. The molecule has 0 aromatic heterocycles. The van der Waals surface area contributed by atoms with E-state index in [4.69, 9.17) is 10.2 Å². The standard InChI is InChI=1S/C8H7IO2/c9-7-3-1-6(2-4-7)5-8(10)11/h1-5,10-11H. The van der Waals surface area contributed by atoms with Crippen LogP contribution in [0.1, 0.15) is 5.56 Å². The van der Waals surface area contributed by atoms with E-state index in [0.717, 1.165) is 9.13 Å². The second-order valence-corrected chi connectivity index (χ2v) is 3.30. The quantitative estimate of drug-likeness (QED) is 0.603. The highest BCUT2D eigenvalue weighted by molar-refractivity contribution is 14.1. The summed E-state index contributed by atoms with van der Waals surface area (Å²) >= 11 is 2.18. The van der Waals surface area contributed by atoms with E-state index < -0.39 is 5.95 Å². The Morgan fingerprint density at radius 3 is 2.18 bits per heavy atom. The zero-order valence-corrected chi connectivity index (χ0v) is 7.82. The van der Waals surface area contributed by atoms with Gasteiger partial charge in [0.25, 0.3) is 5.95 Å². The minimum absolute atomic E-state index is 0.661. The van der Waals surface area contributed by atoms with Gasteiger partial charge >= 0.3 is 0 Å². The van der Waals surface area contributed by atoms with E-state index in [-0.39, 0.29) is 0 Å². The highest BCUT2D eigenvalue weighted by atomic mass is 127. The van der Waals surface area contributed by atoms with Crippen molar-refractivity contribution in [2.45, 2.75) is 0 Å². The Morgan fingerprint density at radius 2 is 1.73 bits per heavy atom. The number of aliphatic hydroxyl groups is 2. The molecule has 0 bridgehead atoms. The average Bonchev–Trinajstić information content (AvgIpc) is 1.93. The van der Waals surface area contributed by atoms with Gasteiger partial charge in [-0.05, 0) is 40.3 Å². The molecule has 1 aromatic carbocycles. The van der Waals surface area contributed by atoms with Gasteiger partial charge in [-0.3, -0.25) is 0 Å². The van der Waals surface area contributed by atoms with Crippen molar-refractivity contribution in [2.24, 2.45) is 0 Å². The lowest BCUT2D eigenvalue weighted by atomic mass is 10.2. The van der Waals surface area contributed by atoms with Crippen molar-refractivity contribution in [3.05, 3.63) is 39.3 Å². The molecule has 0 aliphatic carbocycles. The Morgan fingerprint density at radius 1 is 1.18 bits per heavy atom. The average molecular weight is 262 g/mol. The van der Waals surface area contributed by atoms with Crippen molar-refractivity contribution in [3.63, 3.8) is 0 Å². The zero-order chi connectivity index (χ0) is 8.27. The van der Waals surface area contributed by atoms with Crippen LogP contribution in [0.4, 0.5) is 0 Å². The van der Waals surface area contributed by atoms with Crippen LogP contribution in [0.2, 0.25) is 0 Å². The molecular weight excluding hydrogens is 255 g/mol. The number of hydrogen-bond donors (Lipinski definition) is 2. The lowest BCUT2D eigenvalue weighted by Gasteiger charge is -1.92. The van der Waals surface area contributed by atoms with Crippen LogP contribution in [0.25, 0.3) is 6.08 Å². The summed E-state index contributed by atoms with van der Waals surface area (Å²) in [4.78, 5) is 0. The molecule has 0 atom stereocenters. The van der Waals surface area contributed by atoms with Gasteiger partial charge in [0.2, 0.25) is 0 Å². The van der Waals surface area contributed by atoms with Crippen LogP contribution in [0.5, 0.6) is 0 Å². The molecule has 0 fully saturated rings. The Balaban J connectivity index is 2.91. The first-order valence-corrected chi connectivity index (χ1v) is 4.11. The maximum absolute atomic E-state index is 8.49. The second kappa shape index (κ2) is 3.61. The zero-order valence-electron chi connectivity index (χ0n) is 5.66. The first kappa shape index (κ1) is 8.39. The van der Waals surface area contributed by atoms with E-state index >= 15 is 0 Å². The smallest absolute Gasteiger partial charge is 0.274 e. The van der Waals surface area contributed by atoms with Crippen LogP contribution in [-0.2, 0) is 0 Å². The molecule has 0 unspecified atom stereocenters. The molecule has 0 saturated heterocycles. The molecule has 1 aromatic rings. The minimum Gasteiger partial charge on any atom is -0.481 e. The Labute approximate surface area is 78.3 Å². The molecule has 1 rings (SSSR count). The van der Waals surface area contributed by atoms with E-state index in [1.165, 1.54) is 6.08 Å². The summed E-state index contributed by atoms with van der Waals surface area (Å²) in [6.07, 6.45) is 1.29. The molecule has 11 heavy (non-hydrogen) atoms.